The number of alkyl carbamates (subject to hydrolysis) is 1. The lowest BCUT2D eigenvalue weighted by Crippen LogP contribution is -2.32. The minimum atomic E-state index is -0.889. The Bertz CT molecular complexity index is 413. The molecule has 4 N–H and O–H groups in total. The second kappa shape index (κ2) is 7.57. The van der Waals surface area contributed by atoms with Gasteiger partial charge in [-0.3, -0.25) is 15.2 Å². The van der Waals surface area contributed by atoms with Crippen LogP contribution < -0.4 is 11.1 Å². The molecule has 0 saturated carbocycles. The Morgan fingerprint density at radius 2 is 2.11 bits per heavy atom. The normalized spacial score (nSPS) is 11.6. The minimum absolute atomic E-state index is 0.0588. The molecule has 0 aliphatic carbocycles. The van der Waals surface area contributed by atoms with Crippen molar-refractivity contribution >= 4 is 36.2 Å². The highest BCUT2D eigenvalue weighted by Gasteiger charge is 2.15. The molecular weight excluding hydrogens is 268 g/mol. The van der Waals surface area contributed by atoms with E-state index in [-0.39, 0.29) is 11.6 Å². The number of nitrogens with zero attached hydrogens (tertiary/aromatic N) is 1. The molecule has 0 heterocycles. The third kappa shape index (κ3) is 7.98. The van der Waals surface area contributed by atoms with Crippen LogP contribution in [-0.2, 0) is 9.53 Å². The van der Waals surface area contributed by atoms with Gasteiger partial charge in [0.25, 0.3) is 5.91 Å². The number of hydrogen-bond acceptors (Lipinski definition) is 6. The first kappa shape index (κ1) is 17.2. The molecule has 0 atom stereocenters. The van der Waals surface area contributed by atoms with E-state index in [0.717, 1.165) is 11.8 Å². The number of ether oxygens (including phenoxy) is 1. The quantitative estimate of drug-likeness (QED) is 0.387. The number of amides is 2. The van der Waals surface area contributed by atoms with Crippen LogP contribution in [0.1, 0.15) is 20.8 Å². The molecule has 0 spiro atoms. The maximum Gasteiger partial charge on any atom is 0.408 e. The molecule has 106 valence electrons. The number of aliphatic imine (C=N–C) groups is 1. The number of carbonyl (C=O) groups excluding carboxylic acids is 2. The largest absolute Gasteiger partial charge is 0.444 e. The van der Waals surface area contributed by atoms with Crippen LogP contribution in [0, 0.1) is 5.41 Å². The number of nitrogens with two attached hydrogens (primary N) is 1. The lowest BCUT2D eigenvalue weighted by Gasteiger charge is -2.19. The standard InChI is InChI=1S/C11H18N4O3S/c1-11(2,3)18-10(17)15-6-19-5-7(14-4)8(12)9(13)16/h5,12H,4,6H2,1-3H3,(H2,13,16)(H,15,17)/b7-5-,12-8?. The van der Waals surface area contributed by atoms with Crippen molar-refractivity contribution in [2.45, 2.75) is 26.4 Å². The Morgan fingerprint density at radius 3 is 2.53 bits per heavy atom. The van der Waals surface area contributed by atoms with Crippen molar-refractivity contribution in [2.24, 2.45) is 10.7 Å². The van der Waals surface area contributed by atoms with Gasteiger partial charge in [-0.2, -0.15) is 0 Å². The summed E-state index contributed by atoms with van der Waals surface area (Å²) in [7, 11) is 0. The third-order valence-corrected chi connectivity index (χ3v) is 2.27. The van der Waals surface area contributed by atoms with Crippen molar-refractivity contribution < 1.29 is 14.3 Å². The van der Waals surface area contributed by atoms with Gasteiger partial charge >= 0.3 is 6.09 Å². The van der Waals surface area contributed by atoms with Crippen molar-refractivity contribution in [3.8, 4) is 0 Å². The summed E-state index contributed by atoms with van der Waals surface area (Å²) in [5.41, 5.74) is 4.01. The highest BCUT2D eigenvalue weighted by molar-refractivity contribution is 8.02. The summed E-state index contributed by atoms with van der Waals surface area (Å²) >= 11 is 1.13. The summed E-state index contributed by atoms with van der Waals surface area (Å²) in [4.78, 5) is 25.6. The molecule has 2 amide bonds. The van der Waals surface area contributed by atoms with Crippen molar-refractivity contribution in [1.82, 2.24) is 5.32 Å². The SMILES string of the molecule is C=N/C(=C\SCNC(=O)OC(C)(C)C)C(=N)C(N)=O. The Hall–Kier alpha value is -1.83. The maximum atomic E-state index is 11.3. The highest BCUT2D eigenvalue weighted by atomic mass is 32.2. The summed E-state index contributed by atoms with van der Waals surface area (Å²) in [6, 6.07) is 0. The third-order valence-electron chi connectivity index (χ3n) is 1.57. The topological polar surface area (TPSA) is 118 Å². The summed E-state index contributed by atoms with van der Waals surface area (Å²) in [5, 5.41) is 11.2. The van der Waals surface area contributed by atoms with Gasteiger partial charge in [-0.15, -0.1) is 11.8 Å². The number of hydrogen-bond donors (Lipinski definition) is 3. The summed E-state index contributed by atoms with van der Waals surface area (Å²) < 4.78 is 5.02. The van der Waals surface area contributed by atoms with E-state index in [1.165, 1.54) is 5.41 Å². The fraction of sp³-hybridized carbons (Fsp3) is 0.455. The van der Waals surface area contributed by atoms with E-state index >= 15 is 0 Å². The average Bonchev–Trinajstić information content (AvgIpc) is 2.25. The van der Waals surface area contributed by atoms with E-state index in [1.807, 2.05) is 0 Å². The summed E-state index contributed by atoms with van der Waals surface area (Å²) in [6.07, 6.45) is -0.550. The predicted octanol–water partition coefficient (Wildman–Crippen LogP) is 1.25. The maximum absolute atomic E-state index is 11.3. The first-order valence-electron chi connectivity index (χ1n) is 5.31. The lowest BCUT2D eigenvalue weighted by atomic mass is 10.2. The van der Waals surface area contributed by atoms with E-state index in [4.69, 9.17) is 15.9 Å². The molecule has 19 heavy (non-hydrogen) atoms. The monoisotopic (exact) mass is 286 g/mol. The summed E-state index contributed by atoms with van der Waals surface area (Å²) in [6.45, 7) is 8.51. The van der Waals surface area contributed by atoms with Crippen LogP contribution >= 0.6 is 11.8 Å². The molecule has 0 aliphatic heterocycles. The number of thioether (sulfide) groups is 1. The fourth-order valence-electron chi connectivity index (χ4n) is 0.837. The molecule has 0 unspecified atom stereocenters. The molecule has 0 aromatic heterocycles. The number of nitrogens with one attached hydrogen (secondary N) is 2. The van der Waals surface area contributed by atoms with Gasteiger partial charge in [0.1, 0.15) is 11.3 Å². The van der Waals surface area contributed by atoms with E-state index in [0.29, 0.717) is 0 Å². The zero-order valence-electron chi connectivity index (χ0n) is 11.1. The van der Waals surface area contributed by atoms with E-state index in [2.05, 4.69) is 17.0 Å². The molecule has 0 saturated heterocycles. The molecule has 8 heteroatoms. The first-order valence-corrected chi connectivity index (χ1v) is 6.36. The smallest absolute Gasteiger partial charge is 0.408 e. The van der Waals surface area contributed by atoms with Gasteiger partial charge in [0, 0.05) is 5.41 Å². The van der Waals surface area contributed by atoms with Crippen molar-refractivity contribution in [2.75, 3.05) is 5.88 Å². The molecule has 0 radical (unpaired) electrons. The average molecular weight is 286 g/mol. The lowest BCUT2D eigenvalue weighted by molar-refractivity contribution is -0.112. The van der Waals surface area contributed by atoms with Crippen LogP contribution in [0.15, 0.2) is 16.1 Å². The second-order valence-electron chi connectivity index (χ2n) is 4.39. The number of carbonyl (C=O) groups is 2. The van der Waals surface area contributed by atoms with Crippen molar-refractivity contribution in [1.29, 1.82) is 5.41 Å². The highest BCUT2D eigenvalue weighted by Crippen LogP contribution is 2.10. The van der Waals surface area contributed by atoms with Crippen LogP contribution in [0.2, 0.25) is 0 Å². The van der Waals surface area contributed by atoms with Crippen molar-refractivity contribution in [3.05, 3.63) is 11.1 Å². The van der Waals surface area contributed by atoms with Gasteiger partial charge in [-0.25, -0.2) is 4.79 Å². The minimum Gasteiger partial charge on any atom is -0.444 e. The van der Waals surface area contributed by atoms with Crippen LogP contribution in [0.4, 0.5) is 4.79 Å². The van der Waals surface area contributed by atoms with Gasteiger partial charge < -0.3 is 15.8 Å². The predicted molar refractivity (Wildman–Crippen MR) is 76.4 cm³/mol. The molecule has 0 bridgehead atoms. The van der Waals surface area contributed by atoms with Gasteiger partial charge in [0.15, 0.2) is 0 Å². The Balaban J connectivity index is 4.21. The zero-order chi connectivity index (χ0) is 15.1. The van der Waals surface area contributed by atoms with Crippen LogP contribution in [-0.4, -0.2) is 35.9 Å². The fourth-order valence-corrected chi connectivity index (χ4v) is 1.47. The van der Waals surface area contributed by atoms with Gasteiger partial charge in [-0.1, -0.05) is 0 Å². The van der Waals surface area contributed by atoms with Crippen LogP contribution in [0.5, 0.6) is 0 Å². The van der Waals surface area contributed by atoms with E-state index in [9.17, 15) is 9.59 Å². The van der Waals surface area contributed by atoms with E-state index < -0.39 is 23.3 Å². The Kier molecular flexibility index (Phi) is 6.84. The molecule has 0 rings (SSSR count). The van der Waals surface area contributed by atoms with Crippen LogP contribution in [0.25, 0.3) is 0 Å². The van der Waals surface area contributed by atoms with E-state index in [1.54, 1.807) is 20.8 Å². The van der Waals surface area contributed by atoms with Gasteiger partial charge in [0.2, 0.25) is 0 Å². The number of primary amides is 1. The molecule has 0 aliphatic rings. The van der Waals surface area contributed by atoms with Crippen LogP contribution in [0.3, 0.4) is 0 Å². The molecular formula is C11H18N4O3S. The molecule has 0 aromatic carbocycles. The number of rotatable bonds is 6. The molecule has 7 nitrogen and oxygen atoms in total. The first-order chi connectivity index (χ1) is 8.67. The summed E-state index contributed by atoms with van der Waals surface area (Å²) in [5.74, 6) is -0.681. The zero-order valence-corrected chi connectivity index (χ0v) is 12.0. The Labute approximate surface area is 116 Å². The Morgan fingerprint density at radius 1 is 1.53 bits per heavy atom. The van der Waals surface area contributed by atoms with Gasteiger partial charge in [-0.05, 0) is 27.5 Å². The molecule has 0 fully saturated rings. The second-order valence-corrected chi connectivity index (χ2v) is 5.25. The molecule has 0 aromatic rings. The van der Waals surface area contributed by atoms with Crippen molar-refractivity contribution in [3.63, 3.8) is 0 Å². The van der Waals surface area contributed by atoms with Gasteiger partial charge in [0.05, 0.1) is 11.6 Å².